The first-order valence-corrected chi connectivity index (χ1v) is 5.25. The van der Waals surface area contributed by atoms with Crippen molar-refractivity contribution in [1.29, 1.82) is 0 Å². The van der Waals surface area contributed by atoms with Crippen molar-refractivity contribution >= 4 is 27.4 Å². The van der Waals surface area contributed by atoms with Crippen LogP contribution in [0.1, 0.15) is 12.6 Å². The van der Waals surface area contributed by atoms with Crippen LogP contribution in [-0.4, -0.2) is 21.4 Å². The third kappa shape index (κ3) is 1.48. The van der Waals surface area contributed by atoms with E-state index in [2.05, 4.69) is 38.1 Å². The van der Waals surface area contributed by atoms with E-state index < -0.39 is 0 Å². The molecule has 0 fully saturated rings. The number of nitrogens with one attached hydrogen (secondary N) is 1. The number of rotatable bonds is 2. The molecule has 4 nitrogen and oxygen atoms in total. The highest BCUT2D eigenvalue weighted by Crippen LogP contribution is 2.17. The summed E-state index contributed by atoms with van der Waals surface area (Å²) in [5.41, 5.74) is 1.94. The topological polar surface area (TPSA) is 42.2 Å². The van der Waals surface area contributed by atoms with Crippen LogP contribution in [-0.2, 0) is 6.42 Å². The Labute approximate surface area is 90.5 Å². The Bertz CT molecular complexity index is 463. The van der Waals surface area contributed by atoms with Crippen LogP contribution in [0, 0.1) is 0 Å². The molecule has 0 saturated carbocycles. The van der Waals surface area contributed by atoms with Gasteiger partial charge in [0.1, 0.15) is 4.60 Å². The second-order valence-electron chi connectivity index (χ2n) is 2.98. The molecule has 0 saturated heterocycles. The van der Waals surface area contributed by atoms with Crippen molar-refractivity contribution in [3.05, 3.63) is 22.7 Å². The number of halogens is 1. The van der Waals surface area contributed by atoms with Crippen molar-refractivity contribution in [3.8, 4) is 0 Å². The van der Waals surface area contributed by atoms with E-state index in [0.717, 1.165) is 28.2 Å². The fraction of sp³-hybridized carbons (Fsp3) is 0.333. The predicted octanol–water partition coefficient (Wildman–Crippen LogP) is 2.10. The molecule has 2 aromatic heterocycles. The summed E-state index contributed by atoms with van der Waals surface area (Å²) >= 11 is 3.36. The van der Waals surface area contributed by atoms with Crippen LogP contribution in [0.5, 0.6) is 0 Å². The molecule has 0 aliphatic heterocycles. The molecule has 2 heterocycles. The monoisotopic (exact) mass is 254 g/mol. The average molecular weight is 255 g/mol. The van der Waals surface area contributed by atoms with Gasteiger partial charge in [-0.2, -0.15) is 0 Å². The minimum atomic E-state index is 0.791. The van der Waals surface area contributed by atoms with Gasteiger partial charge in [0.2, 0.25) is 0 Å². The van der Waals surface area contributed by atoms with Gasteiger partial charge in [-0.05, 0) is 22.4 Å². The van der Waals surface area contributed by atoms with Crippen LogP contribution >= 0.6 is 15.9 Å². The Morgan fingerprint density at radius 2 is 2.21 bits per heavy atom. The van der Waals surface area contributed by atoms with Gasteiger partial charge in [0.25, 0.3) is 0 Å². The van der Waals surface area contributed by atoms with Gasteiger partial charge >= 0.3 is 0 Å². The molecule has 1 N–H and O–H groups in total. The lowest BCUT2D eigenvalue weighted by Gasteiger charge is -2.01. The van der Waals surface area contributed by atoms with E-state index >= 15 is 0 Å². The quantitative estimate of drug-likeness (QED) is 0.893. The zero-order valence-corrected chi connectivity index (χ0v) is 9.67. The van der Waals surface area contributed by atoms with Crippen molar-refractivity contribution in [2.75, 3.05) is 12.4 Å². The number of hydrogen-bond donors (Lipinski definition) is 1. The van der Waals surface area contributed by atoms with Gasteiger partial charge in [0.05, 0.1) is 5.69 Å². The number of nitrogens with zero attached hydrogens (tertiary/aromatic N) is 3. The van der Waals surface area contributed by atoms with Gasteiger partial charge in [-0.25, -0.2) is 9.97 Å². The largest absolute Gasteiger partial charge is 0.370 e. The molecule has 2 aromatic rings. The number of aromatic nitrogens is 3. The Hall–Kier alpha value is -1.10. The van der Waals surface area contributed by atoms with E-state index in [1.54, 1.807) is 0 Å². The lowest BCUT2D eigenvalue weighted by Crippen LogP contribution is -1.97. The van der Waals surface area contributed by atoms with E-state index in [4.69, 9.17) is 0 Å². The zero-order chi connectivity index (χ0) is 10.1. The molecule has 5 heteroatoms. The Morgan fingerprint density at radius 1 is 1.43 bits per heavy atom. The fourth-order valence-electron chi connectivity index (χ4n) is 1.36. The highest BCUT2D eigenvalue weighted by molar-refractivity contribution is 9.10. The Morgan fingerprint density at radius 3 is 2.86 bits per heavy atom. The summed E-state index contributed by atoms with van der Waals surface area (Å²) in [6, 6.07) is 0. The Kier molecular flexibility index (Phi) is 2.41. The Balaban J connectivity index is 2.71. The standard InChI is InChI=1S/C9H11BrN4/c1-3-6-4-14-5-7(10)13-8(11-2)9(14)12-6/h4-5H,3H2,1-2H3,(H,11,13). The molecule has 0 aliphatic rings. The molecule has 0 atom stereocenters. The van der Waals surface area contributed by atoms with Gasteiger partial charge in [-0.15, -0.1) is 0 Å². The van der Waals surface area contributed by atoms with Crippen molar-refractivity contribution in [2.45, 2.75) is 13.3 Å². The minimum absolute atomic E-state index is 0.791. The lowest BCUT2D eigenvalue weighted by molar-refractivity contribution is 1.07. The highest BCUT2D eigenvalue weighted by atomic mass is 79.9. The predicted molar refractivity (Wildman–Crippen MR) is 59.6 cm³/mol. The maximum Gasteiger partial charge on any atom is 0.180 e. The first kappa shape index (κ1) is 9.45. The number of fused-ring (bicyclic) bond motifs is 1. The van der Waals surface area contributed by atoms with E-state index in [-0.39, 0.29) is 0 Å². The molecule has 0 radical (unpaired) electrons. The van der Waals surface area contributed by atoms with Crippen LogP contribution in [0.4, 0.5) is 5.82 Å². The van der Waals surface area contributed by atoms with E-state index in [1.807, 2.05) is 23.8 Å². The maximum absolute atomic E-state index is 4.46. The van der Waals surface area contributed by atoms with Gasteiger partial charge in [-0.1, -0.05) is 6.92 Å². The van der Waals surface area contributed by atoms with Gasteiger partial charge in [-0.3, -0.25) is 0 Å². The molecule has 0 bridgehead atoms. The molecular formula is C9H11BrN4. The molecule has 0 spiro atoms. The maximum atomic E-state index is 4.46. The third-order valence-corrected chi connectivity index (χ3v) is 2.44. The molecule has 74 valence electrons. The second kappa shape index (κ2) is 3.57. The van der Waals surface area contributed by atoms with Crippen LogP contribution in [0.25, 0.3) is 5.65 Å². The van der Waals surface area contributed by atoms with Crippen LogP contribution < -0.4 is 5.32 Å². The third-order valence-electron chi connectivity index (χ3n) is 2.06. The molecule has 0 amide bonds. The van der Waals surface area contributed by atoms with Crippen molar-refractivity contribution in [3.63, 3.8) is 0 Å². The van der Waals surface area contributed by atoms with Crippen molar-refractivity contribution < 1.29 is 0 Å². The summed E-state index contributed by atoms with van der Waals surface area (Å²) in [4.78, 5) is 8.75. The fourth-order valence-corrected chi connectivity index (χ4v) is 1.75. The van der Waals surface area contributed by atoms with E-state index in [1.165, 1.54) is 0 Å². The van der Waals surface area contributed by atoms with Gasteiger partial charge in [0.15, 0.2) is 11.5 Å². The van der Waals surface area contributed by atoms with Crippen molar-refractivity contribution in [1.82, 2.24) is 14.4 Å². The molecule has 2 rings (SSSR count). The summed E-state index contributed by atoms with van der Waals surface area (Å²) < 4.78 is 2.77. The molecular weight excluding hydrogens is 244 g/mol. The van der Waals surface area contributed by atoms with E-state index in [0.29, 0.717) is 0 Å². The number of aryl methyl sites for hydroxylation is 1. The normalized spacial score (nSPS) is 10.8. The molecule has 0 aliphatic carbocycles. The number of anilines is 1. The van der Waals surface area contributed by atoms with Crippen LogP contribution in [0.15, 0.2) is 17.0 Å². The second-order valence-corrected chi connectivity index (χ2v) is 3.79. The van der Waals surface area contributed by atoms with Crippen LogP contribution in [0.2, 0.25) is 0 Å². The average Bonchev–Trinajstić information content (AvgIpc) is 2.59. The summed E-state index contributed by atoms with van der Waals surface area (Å²) in [5, 5.41) is 3.02. The van der Waals surface area contributed by atoms with Gasteiger partial charge in [0, 0.05) is 19.4 Å². The minimum Gasteiger partial charge on any atom is -0.370 e. The SMILES string of the molecule is CCc1cn2cc(Br)nc(NC)c2n1. The molecule has 0 unspecified atom stereocenters. The lowest BCUT2D eigenvalue weighted by atomic mass is 10.4. The number of imidazole rings is 1. The summed E-state index contributed by atoms with van der Waals surface area (Å²) in [6.45, 7) is 2.09. The molecule has 0 aromatic carbocycles. The first-order valence-electron chi connectivity index (χ1n) is 4.46. The number of hydrogen-bond acceptors (Lipinski definition) is 3. The van der Waals surface area contributed by atoms with Crippen LogP contribution in [0.3, 0.4) is 0 Å². The highest BCUT2D eigenvalue weighted by Gasteiger charge is 2.06. The summed E-state index contributed by atoms with van der Waals surface area (Å²) in [6.07, 6.45) is 4.85. The molecule has 14 heavy (non-hydrogen) atoms. The van der Waals surface area contributed by atoms with E-state index in [9.17, 15) is 0 Å². The summed E-state index contributed by atoms with van der Waals surface area (Å²) in [7, 11) is 1.84. The summed E-state index contributed by atoms with van der Waals surface area (Å²) in [5.74, 6) is 0.791. The van der Waals surface area contributed by atoms with Gasteiger partial charge < -0.3 is 9.72 Å². The smallest absolute Gasteiger partial charge is 0.180 e. The first-order chi connectivity index (χ1) is 6.74. The van der Waals surface area contributed by atoms with Crippen molar-refractivity contribution in [2.24, 2.45) is 0 Å². The zero-order valence-electron chi connectivity index (χ0n) is 8.08.